The minimum atomic E-state index is -0.825. The monoisotopic (exact) mass is 288 g/mol. The highest BCUT2D eigenvalue weighted by atomic mass is 16.4. The lowest BCUT2D eigenvalue weighted by molar-refractivity contribution is -0.139. The number of aryl methyl sites for hydroxylation is 2. The molecule has 0 saturated carbocycles. The number of nitrogens with zero attached hydrogens (tertiary/aromatic N) is 2. The molecule has 21 heavy (non-hydrogen) atoms. The van der Waals surface area contributed by atoms with Crippen LogP contribution in [0.25, 0.3) is 11.5 Å². The Balaban J connectivity index is 2.18. The number of aliphatic carboxylic acids is 1. The molecule has 0 atom stereocenters. The first-order valence-corrected chi connectivity index (χ1v) is 6.89. The van der Waals surface area contributed by atoms with Crippen LogP contribution in [0.5, 0.6) is 0 Å². The Bertz CT molecular complexity index is 659. The Labute approximate surface area is 124 Å². The minimum Gasteiger partial charge on any atom is -0.481 e. The minimum absolute atomic E-state index is 0.0638. The number of carboxylic acid groups (broad SMARTS) is 1. The van der Waals surface area contributed by atoms with E-state index in [1.165, 1.54) is 11.1 Å². The van der Waals surface area contributed by atoms with Gasteiger partial charge in [0.1, 0.15) is 0 Å². The van der Waals surface area contributed by atoms with Crippen molar-refractivity contribution in [2.75, 3.05) is 0 Å². The number of benzene rings is 1. The quantitative estimate of drug-likeness (QED) is 0.912. The van der Waals surface area contributed by atoms with E-state index in [9.17, 15) is 4.79 Å². The molecule has 1 aromatic carbocycles. The zero-order chi connectivity index (χ0) is 15.6. The Kier molecular flexibility index (Phi) is 4.11. The van der Waals surface area contributed by atoms with E-state index in [0.717, 1.165) is 5.56 Å². The molecule has 1 N–H and O–H groups in total. The van der Waals surface area contributed by atoms with Crippen molar-refractivity contribution in [1.82, 2.24) is 10.2 Å². The maximum Gasteiger partial charge on any atom is 0.303 e. The summed E-state index contributed by atoms with van der Waals surface area (Å²) < 4.78 is 5.67. The molecule has 1 aromatic heterocycles. The fraction of sp³-hybridized carbons (Fsp3) is 0.438. The second kappa shape index (κ2) is 5.68. The molecule has 0 spiro atoms. The van der Waals surface area contributed by atoms with Gasteiger partial charge in [0.15, 0.2) is 0 Å². The lowest BCUT2D eigenvalue weighted by Crippen LogP contribution is -2.19. The van der Waals surface area contributed by atoms with Crippen LogP contribution in [0.3, 0.4) is 0 Å². The van der Waals surface area contributed by atoms with Gasteiger partial charge in [-0.2, -0.15) is 0 Å². The van der Waals surface area contributed by atoms with Crippen LogP contribution >= 0.6 is 0 Å². The first-order valence-electron chi connectivity index (χ1n) is 6.89. The number of hydrogen-bond acceptors (Lipinski definition) is 4. The summed E-state index contributed by atoms with van der Waals surface area (Å²) in [6.45, 7) is 7.83. The Morgan fingerprint density at radius 1 is 1.24 bits per heavy atom. The molecule has 0 fully saturated rings. The van der Waals surface area contributed by atoms with E-state index in [1.807, 2.05) is 45.9 Å². The molecule has 1 heterocycles. The largest absolute Gasteiger partial charge is 0.481 e. The van der Waals surface area contributed by atoms with Crippen LogP contribution in [-0.2, 0) is 11.2 Å². The topological polar surface area (TPSA) is 76.2 Å². The van der Waals surface area contributed by atoms with Gasteiger partial charge in [0, 0.05) is 12.0 Å². The molecule has 2 rings (SSSR count). The summed E-state index contributed by atoms with van der Waals surface area (Å²) in [7, 11) is 0. The van der Waals surface area contributed by atoms with Crippen LogP contribution in [0, 0.1) is 19.3 Å². The zero-order valence-electron chi connectivity index (χ0n) is 12.8. The summed E-state index contributed by atoms with van der Waals surface area (Å²) in [6, 6.07) is 5.97. The van der Waals surface area contributed by atoms with Gasteiger partial charge in [-0.1, -0.05) is 19.9 Å². The van der Waals surface area contributed by atoms with Gasteiger partial charge in [-0.25, -0.2) is 0 Å². The first-order chi connectivity index (χ1) is 9.77. The van der Waals surface area contributed by atoms with Gasteiger partial charge < -0.3 is 9.52 Å². The highest BCUT2D eigenvalue weighted by Gasteiger charge is 2.25. The molecule has 5 nitrogen and oxygen atoms in total. The van der Waals surface area contributed by atoms with Crippen molar-refractivity contribution in [3.8, 4) is 11.5 Å². The molecule has 0 amide bonds. The third-order valence-electron chi connectivity index (χ3n) is 3.48. The molecule has 0 saturated heterocycles. The summed E-state index contributed by atoms with van der Waals surface area (Å²) in [5.74, 6) is 0.114. The lowest BCUT2D eigenvalue weighted by atomic mass is 9.86. The van der Waals surface area contributed by atoms with Gasteiger partial charge in [-0.15, -0.1) is 10.2 Å². The number of carbonyl (C=O) groups is 1. The Morgan fingerprint density at radius 3 is 2.57 bits per heavy atom. The van der Waals surface area contributed by atoms with Crippen molar-refractivity contribution in [3.63, 3.8) is 0 Å². The van der Waals surface area contributed by atoms with Gasteiger partial charge in [0.25, 0.3) is 0 Å². The maximum absolute atomic E-state index is 10.8. The maximum atomic E-state index is 10.8. The van der Waals surface area contributed by atoms with Crippen molar-refractivity contribution in [1.29, 1.82) is 0 Å². The highest BCUT2D eigenvalue weighted by molar-refractivity contribution is 5.67. The van der Waals surface area contributed by atoms with Gasteiger partial charge in [0.2, 0.25) is 11.8 Å². The third-order valence-corrected chi connectivity index (χ3v) is 3.48. The van der Waals surface area contributed by atoms with Crippen LogP contribution in [-0.4, -0.2) is 21.3 Å². The molecule has 0 aliphatic carbocycles. The number of rotatable bonds is 5. The summed E-state index contributed by atoms with van der Waals surface area (Å²) in [4.78, 5) is 10.8. The SMILES string of the molecule is Cc1ccc(-c2nnc(CC(C)(C)CC(=O)O)o2)cc1C. The van der Waals surface area contributed by atoms with Crippen molar-refractivity contribution < 1.29 is 14.3 Å². The van der Waals surface area contributed by atoms with Crippen LogP contribution in [0.2, 0.25) is 0 Å². The fourth-order valence-electron chi connectivity index (χ4n) is 2.20. The molecule has 0 unspecified atom stereocenters. The van der Waals surface area contributed by atoms with E-state index in [0.29, 0.717) is 18.2 Å². The van der Waals surface area contributed by atoms with E-state index in [-0.39, 0.29) is 6.42 Å². The lowest BCUT2D eigenvalue weighted by Gasteiger charge is -2.19. The average Bonchev–Trinajstić information content (AvgIpc) is 2.78. The van der Waals surface area contributed by atoms with Crippen molar-refractivity contribution in [2.24, 2.45) is 5.41 Å². The van der Waals surface area contributed by atoms with E-state index >= 15 is 0 Å². The van der Waals surface area contributed by atoms with Gasteiger partial charge in [0.05, 0.1) is 6.42 Å². The van der Waals surface area contributed by atoms with Crippen LogP contribution in [0.15, 0.2) is 22.6 Å². The zero-order valence-corrected chi connectivity index (χ0v) is 12.8. The first kappa shape index (κ1) is 15.2. The third kappa shape index (κ3) is 3.90. The van der Waals surface area contributed by atoms with Crippen LogP contribution in [0.1, 0.15) is 37.3 Å². The molecule has 0 aliphatic rings. The van der Waals surface area contributed by atoms with Crippen molar-refractivity contribution >= 4 is 5.97 Å². The van der Waals surface area contributed by atoms with E-state index in [1.54, 1.807) is 0 Å². The normalized spacial score (nSPS) is 11.6. The standard InChI is InChI=1S/C16H20N2O3/c1-10-5-6-12(7-11(10)2)15-18-17-13(21-15)8-16(3,4)9-14(19)20/h5-7H,8-9H2,1-4H3,(H,19,20). The van der Waals surface area contributed by atoms with Crippen LogP contribution in [0.4, 0.5) is 0 Å². The summed E-state index contributed by atoms with van der Waals surface area (Å²) in [6.07, 6.45) is 0.505. The van der Waals surface area contributed by atoms with Crippen LogP contribution < -0.4 is 0 Å². The van der Waals surface area contributed by atoms with E-state index < -0.39 is 11.4 Å². The molecule has 0 radical (unpaired) electrons. The molecular formula is C16H20N2O3. The van der Waals surface area contributed by atoms with Crippen molar-refractivity contribution in [2.45, 2.75) is 40.5 Å². The summed E-state index contributed by atoms with van der Waals surface area (Å²) in [5, 5.41) is 17.0. The average molecular weight is 288 g/mol. The van der Waals surface area contributed by atoms with Gasteiger partial charge in [-0.3, -0.25) is 4.79 Å². The molecule has 0 bridgehead atoms. The Morgan fingerprint density at radius 2 is 1.95 bits per heavy atom. The highest BCUT2D eigenvalue weighted by Crippen LogP contribution is 2.27. The summed E-state index contributed by atoms with van der Waals surface area (Å²) >= 11 is 0. The summed E-state index contributed by atoms with van der Waals surface area (Å²) in [5.41, 5.74) is 2.84. The van der Waals surface area contributed by atoms with Gasteiger partial charge >= 0.3 is 5.97 Å². The number of hydrogen-bond donors (Lipinski definition) is 1. The smallest absolute Gasteiger partial charge is 0.303 e. The van der Waals surface area contributed by atoms with Gasteiger partial charge in [-0.05, 0) is 42.5 Å². The molecule has 5 heteroatoms. The second-order valence-corrected chi connectivity index (χ2v) is 6.21. The van der Waals surface area contributed by atoms with Crippen molar-refractivity contribution in [3.05, 3.63) is 35.2 Å². The molecule has 0 aliphatic heterocycles. The fourth-order valence-corrected chi connectivity index (χ4v) is 2.20. The second-order valence-electron chi connectivity index (χ2n) is 6.21. The number of carboxylic acids is 1. The Hall–Kier alpha value is -2.17. The molecule has 2 aromatic rings. The van der Waals surface area contributed by atoms with E-state index in [2.05, 4.69) is 10.2 Å². The predicted octanol–water partition coefficient (Wildman–Crippen LogP) is 3.40. The van der Waals surface area contributed by atoms with E-state index in [4.69, 9.17) is 9.52 Å². The molecular weight excluding hydrogens is 268 g/mol. The molecule has 112 valence electrons. The number of aromatic nitrogens is 2. The predicted molar refractivity (Wildman–Crippen MR) is 78.9 cm³/mol.